The minimum Gasteiger partial charge on any atom is -0.372 e. The van der Waals surface area contributed by atoms with Gasteiger partial charge >= 0.3 is 0 Å². The van der Waals surface area contributed by atoms with E-state index in [1.54, 1.807) is 12.1 Å². The third-order valence-electron chi connectivity index (χ3n) is 4.08. The highest BCUT2D eigenvalue weighted by atomic mass is 16.1. The van der Waals surface area contributed by atoms with Crippen LogP contribution in [0.4, 0.5) is 5.69 Å². The van der Waals surface area contributed by atoms with E-state index in [9.17, 15) is 10.1 Å². The molecule has 4 heteroatoms. The average molecular weight is 271 g/mol. The molecule has 1 unspecified atom stereocenters. The summed E-state index contributed by atoms with van der Waals surface area (Å²) in [5.74, 6) is 0. The molecular weight excluding hydrogens is 250 g/mol. The van der Waals surface area contributed by atoms with E-state index in [1.807, 2.05) is 13.1 Å². The second-order valence-corrected chi connectivity index (χ2v) is 5.31. The molecule has 0 aromatic heterocycles. The Bertz CT molecular complexity index is 521. The Morgan fingerprint density at radius 1 is 1.55 bits per heavy atom. The van der Waals surface area contributed by atoms with Gasteiger partial charge in [0.25, 0.3) is 0 Å². The molecule has 1 heterocycles. The zero-order valence-electron chi connectivity index (χ0n) is 12.2. The molecule has 2 rings (SSSR count). The summed E-state index contributed by atoms with van der Waals surface area (Å²) in [7, 11) is 2.02. The molecule has 0 radical (unpaired) electrons. The van der Waals surface area contributed by atoms with E-state index in [2.05, 4.69) is 22.8 Å². The SMILES string of the molecule is CCN1CCCC1CN(C)c1ccc(C=O)cc1C#N. The molecule has 106 valence electrons. The topological polar surface area (TPSA) is 47.3 Å². The summed E-state index contributed by atoms with van der Waals surface area (Å²) < 4.78 is 0. The highest BCUT2D eigenvalue weighted by Gasteiger charge is 2.24. The molecule has 1 aliphatic heterocycles. The normalized spacial score (nSPS) is 18.8. The molecule has 0 bridgehead atoms. The van der Waals surface area contributed by atoms with Gasteiger partial charge in [0.15, 0.2) is 0 Å². The van der Waals surface area contributed by atoms with Crippen LogP contribution in [0.1, 0.15) is 35.7 Å². The fourth-order valence-corrected chi connectivity index (χ4v) is 2.98. The van der Waals surface area contributed by atoms with Crippen molar-refractivity contribution < 1.29 is 4.79 Å². The maximum absolute atomic E-state index is 10.8. The Kier molecular flexibility index (Phi) is 4.75. The summed E-state index contributed by atoms with van der Waals surface area (Å²) >= 11 is 0. The lowest BCUT2D eigenvalue weighted by Crippen LogP contribution is -2.39. The van der Waals surface area contributed by atoms with Crippen molar-refractivity contribution in [2.24, 2.45) is 0 Å². The van der Waals surface area contributed by atoms with E-state index in [0.29, 0.717) is 17.2 Å². The quantitative estimate of drug-likeness (QED) is 0.771. The highest BCUT2D eigenvalue weighted by Crippen LogP contribution is 2.23. The van der Waals surface area contributed by atoms with Gasteiger partial charge in [-0.2, -0.15) is 5.26 Å². The van der Waals surface area contributed by atoms with E-state index in [4.69, 9.17) is 0 Å². The molecule has 20 heavy (non-hydrogen) atoms. The summed E-state index contributed by atoms with van der Waals surface area (Å²) in [6.45, 7) is 5.36. The maximum Gasteiger partial charge on any atom is 0.150 e. The Morgan fingerprint density at radius 3 is 3.00 bits per heavy atom. The lowest BCUT2D eigenvalue weighted by atomic mass is 10.1. The van der Waals surface area contributed by atoms with Crippen LogP contribution in [-0.4, -0.2) is 43.9 Å². The van der Waals surface area contributed by atoms with Crippen molar-refractivity contribution in [1.82, 2.24) is 4.90 Å². The van der Waals surface area contributed by atoms with Gasteiger partial charge in [-0.25, -0.2) is 0 Å². The second-order valence-electron chi connectivity index (χ2n) is 5.31. The number of rotatable bonds is 5. The van der Waals surface area contributed by atoms with Crippen molar-refractivity contribution >= 4 is 12.0 Å². The van der Waals surface area contributed by atoms with Crippen LogP contribution in [0.3, 0.4) is 0 Å². The molecule has 0 spiro atoms. The Balaban J connectivity index is 2.15. The summed E-state index contributed by atoms with van der Waals surface area (Å²) in [6.07, 6.45) is 3.24. The van der Waals surface area contributed by atoms with E-state index in [1.165, 1.54) is 19.4 Å². The molecule has 1 fully saturated rings. The number of hydrogen-bond acceptors (Lipinski definition) is 4. The van der Waals surface area contributed by atoms with Gasteiger partial charge in [0.1, 0.15) is 12.4 Å². The molecule has 0 saturated carbocycles. The monoisotopic (exact) mass is 271 g/mol. The smallest absolute Gasteiger partial charge is 0.150 e. The number of likely N-dealkylation sites (tertiary alicyclic amines) is 1. The van der Waals surface area contributed by atoms with Crippen LogP contribution in [0.25, 0.3) is 0 Å². The van der Waals surface area contributed by atoms with Crippen LogP contribution in [0.15, 0.2) is 18.2 Å². The van der Waals surface area contributed by atoms with Gasteiger partial charge in [-0.1, -0.05) is 6.92 Å². The van der Waals surface area contributed by atoms with Crippen LogP contribution in [0, 0.1) is 11.3 Å². The lowest BCUT2D eigenvalue weighted by molar-refractivity contribution is 0.112. The summed E-state index contributed by atoms with van der Waals surface area (Å²) in [6, 6.07) is 8.04. The Morgan fingerprint density at radius 2 is 2.35 bits per heavy atom. The molecule has 1 saturated heterocycles. The highest BCUT2D eigenvalue weighted by molar-refractivity contribution is 5.78. The molecular formula is C16H21N3O. The zero-order valence-corrected chi connectivity index (χ0v) is 12.2. The molecule has 0 aliphatic carbocycles. The van der Waals surface area contributed by atoms with Crippen molar-refractivity contribution in [3.05, 3.63) is 29.3 Å². The van der Waals surface area contributed by atoms with Crippen LogP contribution in [0.5, 0.6) is 0 Å². The van der Waals surface area contributed by atoms with Gasteiger partial charge in [0, 0.05) is 25.2 Å². The number of carbonyl (C=O) groups excluding carboxylic acids is 1. The first kappa shape index (κ1) is 14.5. The molecule has 1 aromatic carbocycles. The number of hydrogen-bond donors (Lipinski definition) is 0. The van der Waals surface area contributed by atoms with E-state index in [0.717, 1.165) is 25.1 Å². The number of aldehydes is 1. The largest absolute Gasteiger partial charge is 0.372 e. The minimum absolute atomic E-state index is 0.551. The molecule has 0 amide bonds. The number of carbonyl (C=O) groups is 1. The van der Waals surface area contributed by atoms with Crippen molar-refractivity contribution in [3.63, 3.8) is 0 Å². The summed E-state index contributed by atoms with van der Waals surface area (Å²) in [4.78, 5) is 15.4. The van der Waals surface area contributed by atoms with Gasteiger partial charge in [-0.3, -0.25) is 9.69 Å². The standard InChI is InChI=1S/C16H21N3O/c1-3-19-8-4-5-15(19)11-18(2)16-7-6-13(12-20)9-14(16)10-17/h6-7,9,12,15H,3-5,8,11H2,1-2H3. The first-order valence-corrected chi connectivity index (χ1v) is 7.14. The number of anilines is 1. The van der Waals surface area contributed by atoms with Gasteiger partial charge in [-0.05, 0) is 44.1 Å². The summed E-state index contributed by atoms with van der Waals surface area (Å²) in [5, 5.41) is 9.24. The van der Waals surface area contributed by atoms with Gasteiger partial charge in [0.05, 0.1) is 11.3 Å². The number of likely N-dealkylation sites (N-methyl/N-ethyl adjacent to an activating group) is 2. The fraction of sp³-hybridized carbons (Fsp3) is 0.500. The third-order valence-corrected chi connectivity index (χ3v) is 4.08. The van der Waals surface area contributed by atoms with E-state index >= 15 is 0 Å². The van der Waals surface area contributed by atoms with Crippen LogP contribution in [-0.2, 0) is 0 Å². The molecule has 1 aliphatic rings. The van der Waals surface area contributed by atoms with Crippen molar-refractivity contribution in [3.8, 4) is 6.07 Å². The number of nitriles is 1. The second kappa shape index (κ2) is 6.53. The van der Waals surface area contributed by atoms with Crippen molar-refractivity contribution in [1.29, 1.82) is 5.26 Å². The van der Waals surface area contributed by atoms with Gasteiger partial charge in [0.2, 0.25) is 0 Å². The minimum atomic E-state index is 0.551. The first-order valence-electron chi connectivity index (χ1n) is 7.14. The average Bonchev–Trinajstić information content (AvgIpc) is 2.93. The first-order chi connectivity index (χ1) is 9.69. The molecule has 1 aromatic rings. The summed E-state index contributed by atoms with van der Waals surface area (Å²) in [5.41, 5.74) is 2.02. The number of benzene rings is 1. The lowest BCUT2D eigenvalue weighted by Gasteiger charge is -2.29. The predicted molar refractivity (Wildman–Crippen MR) is 80.1 cm³/mol. The fourth-order valence-electron chi connectivity index (χ4n) is 2.98. The Hall–Kier alpha value is -1.86. The van der Waals surface area contributed by atoms with Crippen LogP contribution in [0.2, 0.25) is 0 Å². The van der Waals surface area contributed by atoms with Gasteiger partial charge < -0.3 is 4.90 Å². The third kappa shape index (κ3) is 3.00. The number of nitrogens with zero attached hydrogens (tertiary/aromatic N) is 3. The molecule has 4 nitrogen and oxygen atoms in total. The Labute approximate surface area is 120 Å². The van der Waals surface area contributed by atoms with E-state index < -0.39 is 0 Å². The van der Waals surface area contributed by atoms with Crippen LogP contribution < -0.4 is 4.90 Å². The maximum atomic E-state index is 10.8. The molecule has 0 N–H and O–H groups in total. The van der Waals surface area contributed by atoms with Gasteiger partial charge in [-0.15, -0.1) is 0 Å². The van der Waals surface area contributed by atoms with Crippen molar-refractivity contribution in [2.45, 2.75) is 25.8 Å². The van der Waals surface area contributed by atoms with Crippen LogP contribution >= 0.6 is 0 Å². The molecule has 1 atom stereocenters. The van der Waals surface area contributed by atoms with E-state index in [-0.39, 0.29) is 0 Å². The van der Waals surface area contributed by atoms with Crippen molar-refractivity contribution in [2.75, 3.05) is 31.6 Å². The zero-order chi connectivity index (χ0) is 14.5. The predicted octanol–water partition coefficient (Wildman–Crippen LogP) is 2.29.